The zero-order valence-electron chi connectivity index (χ0n) is 13.4. The molecule has 6 nitrogen and oxygen atoms in total. The number of hydrogen-bond acceptors (Lipinski definition) is 5. The normalized spacial score (nSPS) is 10.8. The molecule has 118 valence electrons. The van der Waals surface area contributed by atoms with Gasteiger partial charge in [0.1, 0.15) is 0 Å². The van der Waals surface area contributed by atoms with Crippen LogP contribution in [0.1, 0.15) is 24.2 Å². The predicted molar refractivity (Wildman–Crippen MR) is 84.1 cm³/mol. The molecule has 1 rings (SSSR count). The van der Waals surface area contributed by atoms with Gasteiger partial charge in [0.05, 0.1) is 19.8 Å². The Balaban J connectivity index is 2.74. The number of likely N-dealkylation sites (N-methyl/N-ethyl adjacent to an activating group) is 1. The Morgan fingerprint density at radius 3 is 2.38 bits per heavy atom. The smallest absolute Gasteiger partial charge is 0.253 e. The molecule has 0 fully saturated rings. The minimum Gasteiger partial charge on any atom is -0.493 e. The number of carbonyl (C=O) groups is 1. The maximum Gasteiger partial charge on any atom is 0.253 e. The molecule has 0 aromatic heterocycles. The zero-order chi connectivity index (χ0) is 16.0. The van der Waals surface area contributed by atoms with Gasteiger partial charge >= 0.3 is 0 Å². The summed E-state index contributed by atoms with van der Waals surface area (Å²) in [6.07, 6.45) is 0. The maximum absolute atomic E-state index is 12.2. The first-order chi connectivity index (χ1) is 9.90. The fourth-order valence-corrected chi connectivity index (χ4v) is 1.79. The van der Waals surface area contributed by atoms with Crippen molar-refractivity contribution in [2.24, 2.45) is 0 Å². The van der Waals surface area contributed by atoms with Crippen molar-refractivity contribution in [1.29, 1.82) is 0 Å². The van der Waals surface area contributed by atoms with Gasteiger partial charge in [-0.2, -0.15) is 0 Å². The third-order valence-electron chi connectivity index (χ3n) is 3.43. The molecule has 1 aromatic carbocycles. The number of carbonyl (C=O) groups excluding carboxylic acids is 1. The molecule has 0 aliphatic carbocycles. The number of nitrogens with zero attached hydrogens (tertiary/aromatic N) is 1. The summed E-state index contributed by atoms with van der Waals surface area (Å²) in [5.74, 6) is 0.771. The summed E-state index contributed by atoms with van der Waals surface area (Å²) in [4.78, 5) is 14.3. The molecule has 0 aliphatic rings. The molecule has 0 saturated heterocycles. The van der Waals surface area contributed by atoms with E-state index in [1.165, 1.54) is 14.2 Å². The molecule has 21 heavy (non-hydrogen) atoms. The van der Waals surface area contributed by atoms with Crippen LogP contribution in [-0.4, -0.2) is 51.2 Å². The van der Waals surface area contributed by atoms with Gasteiger partial charge in [0.15, 0.2) is 11.5 Å². The Bertz CT molecular complexity index is 489. The molecule has 1 aromatic rings. The van der Waals surface area contributed by atoms with Gasteiger partial charge in [0.2, 0.25) is 0 Å². The van der Waals surface area contributed by atoms with E-state index in [4.69, 9.17) is 15.2 Å². The molecular formula is C15H25N3O3. The molecular weight excluding hydrogens is 270 g/mol. The Morgan fingerprint density at radius 1 is 1.29 bits per heavy atom. The second kappa shape index (κ2) is 7.73. The van der Waals surface area contributed by atoms with Gasteiger partial charge < -0.3 is 25.4 Å². The van der Waals surface area contributed by atoms with Crippen LogP contribution >= 0.6 is 0 Å². The van der Waals surface area contributed by atoms with Gasteiger partial charge in [-0.15, -0.1) is 0 Å². The highest BCUT2D eigenvalue weighted by atomic mass is 16.5. The second-order valence-corrected chi connectivity index (χ2v) is 5.12. The number of nitrogen functional groups attached to an aromatic ring is 1. The van der Waals surface area contributed by atoms with E-state index in [9.17, 15) is 4.79 Å². The van der Waals surface area contributed by atoms with Crippen molar-refractivity contribution in [3.63, 3.8) is 0 Å². The van der Waals surface area contributed by atoms with Crippen LogP contribution in [0.2, 0.25) is 0 Å². The first-order valence-electron chi connectivity index (χ1n) is 6.90. The fourth-order valence-electron chi connectivity index (χ4n) is 1.79. The largest absolute Gasteiger partial charge is 0.493 e. The van der Waals surface area contributed by atoms with E-state index in [-0.39, 0.29) is 5.91 Å². The number of anilines is 1. The number of benzene rings is 1. The standard InChI is InChI=1S/C15H25N3O3/c1-10(2)18(3)7-6-17-15(19)11-8-13(20-4)14(21-5)9-12(11)16/h8-10H,6-7,16H2,1-5H3,(H,17,19). The Labute approximate surface area is 126 Å². The molecule has 0 spiro atoms. The van der Waals surface area contributed by atoms with Crippen LogP contribution in [0.3, 0.4) is 0 Å². The van der Waals surface area contributed by atoms with Gasteiger partial charge in [-0.25, -0.2) is 0 Å². The van der Waals surface area contributed by atoms with Crippen LogP contribution in [-0.2, 0) is 0 Å². The SMILES string of the molecule is COc1cc(N)c(C(=O)NCCN(C)C(C)C)cc1OC. The minimum absolute atomic E-state index is 0.217. The predicted octanol–water partition coefficient (Wildman–Crippen LogP) is 1.36. The number of methoxy groups -OCH3 is 2. The van der Waals surface area contributed by atoms with Crippen molar-refractivity contribution in [3.05, 3.63) is 17.7 Å². The van der Waals surface area contributed by atoms with Crippen LogP contribution in [0.25, 0.3) is 0 Å². The second-order valence-electron chi connectivity index (χ2n) is 5.12. The van der Waals surface area contributed by atoms with E-state index in [0.29, 0.717) is 35.3 Å². The van der Waals surface area contributed by atoms with Crippen molar-refractivity contribution >= 4 is 11.6 Å². The summed E-state index contributed by atoms with van der Waals surface area (Å²) < 4.78 is 10.3. The van der Waals surface area contributed by atoms with Crippen molar-refractivity contribution in [1.82, 2.24) is 10.2 Å². The van der Waals surface area contributed by atoms with E-state index in [2.05, 4.69) is 24.1 Å². The van der Waals surface area contributed by atoms with Gasteiger partial charge in [-0.3, -0.25) is 4.79 Å². The molecule has 0 unspecified atom stereocenters. The zero-order valence-corrected chi connectivity index (χ0v) is 13.4. The molecule has 0 radical (unpaired) electrons. The monoisotopic (exact) mass is 295 g/mol. The quantitative estimate of drug-likeness (QED) is 0.743. The molecule has 0 heterocycles. The summed E-state index contributed by atoms with van der Waals surface area (Å²) in [5, 5.41) is 2.86. The van der Waals surface area contributed by atoms with Crippen LogP contribution < -0.4 is 20.5 Å². The molecule has 0 saturated carbocycles. The lowest BCUT2D eigenvalue weighted by Crippen LogP contribution is -2.36. The Kier molecular flexibility index (Phi) is 6.30. The van der Waals surface area contributed by atoms with Crippen molar-refractivity contribution in [2.45, 2.75) is 19.9 Å². The van der Waals surface area contributed by atoms with Crippen LogP contribution in [0, 0.1) is 0 Å². The molecule has 3 N–H and O–H groups in total. The van der Waals surface area contributed by atoms with Crippen LogP contribution in [0.4, 0.5) is 5.69 Å². The van der Waals surface area contributed by atoms with E-state index in [0.717, 1.165) is 6.54 Å². The van der Waals surface area contributed by atoms with E-state index >= 15 is 0 Å². The van der Waals surface area contributed by atoms with Gasteiger partial charge in [-0.1, -0.05) is 0 Å². The van der Waals surface area contributed by atoms with Crippen LogP contribution in [0.15, 0.2) is 12.1 Å². The molecule has 0 atom stereocenters. The highest BCUT2D eigenvalue weighted by Gasteiger charge is 2.15. The van der Waals surface area contributed by atoms with Gasteiger partial charge in [0.25, 0.3) is 5.91 Å². The number of amides is 1. The summed E-state index contributed by atoms with van der Waals surface area (Å²) in [7, 11) is 5.06. The van der Waals surface area contributed by atoms with Gasteiger partial charge in [-0.05, 0) is 27.0 Å². The minimum atomic E-state index is -0.217. The van der Waals surface area contributed by atoms with E-state index in [1.54, 1.807) is 12.1 Å². The summed E-state index contributed by atoms with van der Waals surface area (Å²) in [6, 6.07) is 3.62. The van der Waals surface area contributed by atoms with Crippen molar-refractivity contribution in [2.75, 3.05) is 40.1 Å². The lowest BCUT2D eigenvalue weighted by atomic mass is 10.1. The average Bonchev–Trinajstić information content (AvgIpc) is 2.46. The topological polar surface area (TPSA) is 76.8 Å². The Morgan fingerprint density at radius 2 is 1.86 bits per heavy atom. The lowest BCUT2D eigenvalue weighted by molar-refractivity contribution is 0.0948. The molecule has 0 bridgehead atoms. The van der Waals surface area contributed by atoms with E-state index < -0.39 is 0 Å². The number of ether oxygens (including phenoxy) is 2. The molecule has 6 heteroatoms. The first kappa shape index (κ1) is 17.1. The lowest BCUT2D eigenvalue weighted by Gasteiger charge is -2.21. The number of hydrogen-bond donors (Lipinski definition) is 2. The van der Waals surface area contributed by atoms with Crippen molar-refractivity contribution < 1.29 is 14.3 Å². The third kappa shape index (κ3) is 4.53. The molecule has 0 aliphatic heterocycles. The third-order valence-corrected chi connectivity index (χ3v) is 3.43. The van der Waals surface area contributed by atoms with Gasteiger partial charge in [0, 0.05) is 30.9 Å². The highest BCUT2D eigenvalue weighted by Crippen LogP contribution is 2.31. The summed E-state index contributed by atoms with van der Waals surface area (Å²) in [5.41, 5.74) is 6.65. The van der Waals surface area contributed by atoms with Crippen LogP contribution in [0.5, 0.6) is 11.5 Å². The number of nitrogens with two attached hydrogens (primary N) is 1. The maximum atomic E-state index is 12.2. The van der Waals surface area contributed by atoms with Crippen molar-refractivity contribution in [3.8, 4) is 11.5 Å². The summed E-state index contributed by atoms with van der Waals surface area (Å²) in [6.45, 7) is 5.54. The first-order valence-corrected chi connectivity index (χ1v) is 6.90. The Hall–Kier alpha value is -1.95. The number of nitrogens with one attached hydrogen (secondary N) is 1. The van der Waals surface area contributed by atoms with E-state index in [1.807, 2.05) is 7.05 Å². The fraction of sp³-hybridized carbons (Fsp3) is 0.533. The molecule has 1 amide bonds. The highest BCUT2D eigenvalue weighted by molar-refractivity contribution is 6.00. The average molecular weight is 295 g/mol. The number of rotatable bonds is 7. The summed E-state index contributed by atoms with van der Waals surface area (Å²) >= 11 is 0.